The molecule has 6 heteroatoms. The fraction of sp³-hybridized carbons (Fsp3) is 0.462. The van der Waals surface area contributed by atoms with Crippen LogP contribution in [0.4, 0.5) is 0 Å². The first-order valence-electron chi connectivity index (χ1n) is 16.3. The number of hydrogen-bond acceptors (Lipinski definition) is 5. The SMILES string of the molecule is CCCCN(/C=C/C=C(/C(=O)Oc1ccc(CC(C)(C)C)cc1CC(C)(C)C)S(=O)(=O)c1cccc2ccccc12)CCCC. The number of rotatable bonds is 14. The van der Waals surface area contributed by atoms with Crippen molar-refractivity contribution in [3.63, 3.8) is 0 Å². The summed E-state index contributed by atoms with van der Waals surface area (Å²) in [5.41, 5.74) is 2.06. The van der Waals surface area contributed by atoms with Crippen molar-refractivity contribution in [2.45, 2.75) is 98.8 Å². The highest BCUT2D eigenvalue weighted by Crippen LogP contribution is 2.33. The summed E-state index contributed by atoms with van der Waals surface area (Å²) in [5, 5.41) is 1.35. The zero-order valence-electron chi connectivity index (χ0n) is 28.7. The van der Waals surface area contributed by atoms with E-state index in [1.807, 2.05) is 36.5 Å². The molecule has 0 fully saturated rings. The summed E-state index contributed by atoms with van der Waals surface area (Å²) in [4.78, 5) is 15.9. The number of ether oxygens (including phenoxy) is 1. The molecule has 0 spiro atoms. The van der Waals surface area contributed by atoms with E-state index in [0.29, 0.717) is 17.6 Å². The lowest BCUT2D eigenvalue weighted by atomic mass is 9.84. The predicted molar refractivity (Wildman–Crippen MR) is 188 cm³/mol. The molecule has 0 N–H and O–H groups in total. The predicted octanol–water partition coefficient (Wildman–Crippen LogP) is 9.70. The summed E-state index contributed by atoms with van der Waals surface area (Å²) in [6.07, 6.45) is 10.7. The van der Waals surface area contributed by atoms with E-state index in [9.17, 15) is 13.2 Å². The molecule has 3 aromatic carbocycles. The highest BCUT2D eigenvalue weighted by atomic mass is 32.2. The van der Waals surface area contributed by atoms with Crippen LogP contribution in [0.25, 0.3) is 10.8 Å². The molecule has 0 saturated heterocycles. The number of carbonyl (C=O) groups excluding carboxylic acids is 1. The van der Waals surface area contributed by atoms with E-state index in [0.717, 1.165) is 61.7 Å². The molecule has 244 valence electrons. The van der Waals surface area contributed by atoms with E-state index >= 15 is 0 Å². The third-order valence-corrected chi connectivity index (χ3v) is 9.27. The maximum atomic E-state index is 14.3. The first kappa shape index (κ1) is 36.1. The van der Waals surface area contributed by atoms with Crippen molar-refractivity contribution in [3.8, 4) is 5.75 Å². The highest BCUT2D eigenvalue weighted by molar-refractivity contribution is 7.96. The Morgan fingerprint density at radius 1 is 0.822 bits per heavy atom. The summed E-state index contributed by atoms with van der Waals surface area (Å²) in [6, 6.07) is 18.3. The number of carbonyl (C=O) groups is 1. The zero-order chi connectivity index (χ0) is 33.3. The van der Waals surface area contributed by atoms with Gasteiger partial charge in [0.05, 0.1) is 4.90 Å². The van der Waals surface area contributed by atoms with E-state index in [1.165, 1.54) is 6.08 Å². The van der Waals surface area contributed by atoms with Crippen LogP contribution >= 0.6 is 0 Å². The van der Waals surface area contributed by atoms with Gasteiger partial charge >= 0.3 is 5.97 Å². The van der Waals surface area contributed by atoms with E-state index in [-0.39, 0.29) is 20.6 Å². The third-order valence-electron chi connectivity index (χ3n) is 7.45. The number of unbranched alkanes of at least 4 members (excludes halogenated alkanes) is 2. The molecule has 3 rings (SSSR count). The first-order valence-corrected chi connectivity index (χ1v) is 17.8. The zero-order valence-corrected chi connectivity index (χ0v) is 29.5. The van der Waals surface area contributed by atoms with Gasteiger partial charge in [-0.1, -0.05) is 117 Å². The molecule has 3 aromatic rings. The number of esters is 1. The van der Waals surface area contributed by atoms with Crippen molar-refractivity contribution in [2.24, 2.45) is 10.8 Å². The lowest BCUT2D eigenvalue weighted by Crippen LogP contribution is -2.21. The molecule has 5 nitrogen and oxygen atoms in total. The molecule has 0 aliphatic carbocycles. The molecule has 0 unspecified atom stereocenters. The topological polar surface area (TPSA) is 63.7 Å². The fourth-order valence-electron chi connectivity index (χ4n) is 5.37. The molecule has 0 amide bonds. The quantitative estimate of drug-likeness (QED) is 0.0767. The number of nitrogens with zero attached hydrogens (tertiary/aromatic N) is 1. The molecule has 0 radical (unpaired) electrons. The maximum Gasteiger partial charge on any atom is 0.355 e. The minimum atomic E-state index is -4.24. The normalized spacial score (nSPS) is 13.0. The van der Waals surface area contributed by atoms with Gasteiger partial charge in [0.1, 0.15) is 5.75 Å². The van der Waals surface area contributed by atoms with Crippen LogP contribution in [-0.2, 0) is 27.5 Å². The standard InChI is InChI=1S/C39H53NO4S/c1-9-11-24-40(25-12-10-2)26-16-21-36(45(42,43)35-20-15-18-31-17-13-14-19-33(31)35)37(41)44-34-23-22-30(28-38(3,4)5)27-32(34)29-39(6,7)8/h13-23,26-27H,9-12,24-25,28-29H2,1-8H3/b26-16+,36-21-. The van der Waals surface area contributed by atoms with Crippen LogP contribution in [0.1, 0.15) is 92.2 Å². The van der Waals surface area contributed by atoms with Gasteiger partial charge in [0, 0.05) is 18.5 Å². The van der Waals surface area contributed by atoms with E-state index in [2.05, 4.69) is 66.4 Å². The molecule has 0 bridgehead atoms. The second-order valence-electron chi connectivity index (χ2n) is 14.4. The van der Waals surface area contributed by atoms with Crippen molar-refractivity contribution in [1.29, 1.82) is 0 Å². The van der Waals surface area contributed by atoms with Gasteiger partial charge in [-0.2, -0.15) is 0 Å². The maximum absolute atomic E-state index is 14.3. The van der Waals surface area contributed by atoms with Crippen LogP contribution < -0.4 is 4.74 Å². The van der Waals surface area contributed by atoms with Crippen LogP contribution in [-0.4, -0.2) is 32.4 Å². The largest absolute Gasteiger partial charge is 0.422 e. The summed E-state index contributed by atoms with van der Waals surface area (Å²) in [7, 11) is -4.24. The van der Waals surface area contributed by atoms with Crippen LogP contribution in [0.15, 0.2) is 88.8 Å². The Morgan fingerprint density at radius 3 is 2.07 bits per heavy atom. The van der Waals surface area contributed by atoms with Gasteiger partial charge in [-0.25, -0.2) is 13.2 Å². The Kier molecular flexibility index (Phi) is 12.6. The van der Waals surface area contributed by atoms with Gasteiger partial charge in [0.25, 0.3) is 0 Å². The lowest BCUT2D eigenvalue weighted by Gasteiger charge is -2.23. The van der Waals surface area contributed by atoms with Crippen LogP contribution in [0.2, 0.25) is 0 Å². The lowest BCUT2D eigenvalue weighted by molar-refractivity contribution is -0.129. The smallest absolute Gasteiger partial charge is 0.355 e. The second kappa shape index (κ2) is 15.8. The third kappa shape index (κ3) is 10.9. The molecule has 0 heterocycles. The second-order valence-corrected chi connectivity index (χ2v) is 16.3. The van der Waals surface area contributed by atoms with E-state index in [1.54, 1.807) is 30.3 Å². The van der Waals surface area contributed by atoms with Gasteiger partial charge in [0.2, 0.25) is 9.84 Å². The molecule has 0 saturated carbocycles. The summed E-state index contributed by atoms with van der Waals surface area (Å²) >= 11 is 0. The number of fused-ring (bicyclic) bond motifs is 1. The Labute approximate surface area is 272 Å². The van der Waals surface area contributed by atoms with Crippen molar-refractivity contribution in [3.05, 3.63) is 95.0 Å². The minimum Gasteiger partial charge on any atom is -0.422 e. The molecule has 0 aromatic heterocycles. The first-order chi connectivity index (χ1) is 21.1. The van der Waals surface area contributed by atoms with Crippen molar-refractivity contribution < 1.29 is 17.9 Å². The van der Waals surface area contributed by atoms with E-state index < -0.39 is 15.8 Å². The van der Waals surface area contributed by atoms with Crippen molar-refractivity contribution >= 4 is 26.6 Å². The Morgan fingerprint density at radius 2 is 1.44 bits per heavy atom. The highest BCUT2D eigenvalue weighted by Gasteiger charge is 2.31. The van der Waals surface area contributed by atoms with Gasteiger partial charge < -0.3 is 9.64 Å². The Balaban J connectivity index is 2.11. The van der Waals surface area contributed by atoms with Crippen molar-refractivity contribution in [2.75, 3.05) is 13.1 Å². The average molecular weight is 632 g/mol. The Hall–Kier alpha value is -3.38. The van der Waals surface area contributed by atoms with E-state index in [4.69, 9.17) is 4.74 Å². The van der Waals surface area contributed by atoms with Gasteiger partial charge in [-0.3, -0.25) is 0 Å². The molecule has 0 aliphatic rings. The monoisotopic (exact) mass is 631 g/mol. The van der Waals surface area contributed by atoms with Crippen LogP contribution in [0.3, 0.4) is 0 Å². The summed E-state index contributed by atoms with van der Waals surface area (Å²) in [6.45, 7) is 19.0. The number of allylic oxidation sites excluding steroid dienone is 2. The van der Waals surface area contributed by atoms with Gasteiger partial charge in [0.15, 0.2) is 4.91 Å². The number of hydrogen-bond donors (Lipinski definition) is 0. The van der Waals surface area contributed by atoms with Crippen molar-refractivity contribution in [1.82, 2.24) is 4.90 Å². The molecular weight excluding hydrogens is 578 g/mol. The molecule has 0 atom stereocenters. The number of sulfone groups is 1. The average Bonchev–Trinajstić information content (AvgIpc) is 2.95. The van der Waals surface area contributed by atoms with Crippen LogP contribution in [0.5, 0.6) is 5.75 Å². The van der Waals surface area contributed by atoms with Gasteiger partial charge in [-0.05, 0) is 83.5 Å². The Bertz CT molecular complexity index is 1590. The van der Waals surface area contributed by atoms with Crippen LogP contribution in [0, 0.1) is 10.8 Å². The minimum absolute atomic E-state index is 0.0710. The van der Waals surface area contributed by atoms with Gasteiger partial charge in [-0.15, -0.1) is 0 Å². The molecule has 45 heavy (non-hydrogen) atoms. The summed E-state index contributed by atoms with van der Waals surface area (Å²) in [5.74, 6) is -0.497. The molecule has 0 aliphatic heterocycles. The molecular formula is C39H53NO4S. The fourth-order valence-corrected chi connectivity index (χ4v) is 6.85. The number of benzene rings is 3. The summed E-state index contributed by atoms with van der Waals surface area (Å²) < 4.78 is 34.6.